The Morgan fingerprint density at radius 3 is 2.82 bits per heavy atom. The van der Waals surface area contributed by atoms with Crippen LogP contribution in [0.2, 0.25) is 0 Å². The number of esters is 1. The largest absolute Gasteiger partial charge is 0.435 e. The molecule has 0 saturated carbocycles. The third-order valence-electron chi connectivity index (χ3n) is 4.41. The smallest absolute Gasteiger partial charge is 0.314 e. The maximum atomic E-state index is 11.8. The highest BCUT2D eigenvalue weighted by Crippen LogP contribution is 2.50. The summed E-state index contributed by atoms with van der Waals surface area (Å²) in [5.41, 5.74) is 0. The second-order valence-electron chi connectivity index (χ2n) is 5.41. The molecule has 4 rings (SSSR count). The Labute approximate surface area is 99.3 Å². The number of ether oxygens (including phenoxy) is 4. The molecule has 4 saturated heterocycles. The third kappa shape index (κ3) is 1.46. The summed E-state index contributed by atoms with van der Waals surface area (Å²) in [4.78, 5) is 11.8. The van der Waals surface area contributed by atoms with E-state index in [9.17, 15) is 4.79 Å². The average Bonchev–Trinajstić information content (AvgIpc) is 2.75. The first kappa shape index (κ1) is 10.3. The van der Waals surface area contributed by atoms with Gasteiger partial charge in [-0.15, -0.1) is 0 Å². The summed E-state index contributed by atoms with van der Waals surface area (Å²) in [7, 11) is 0. The van der Waals surface area contributed by atoms with Gasteiger partial charge in [-0.1, -0.05) is 0 Å². The molecule has 4 heterocycles. The van der Waals surface area contributed by atoms with Crippen molar-refractivity contribution in [2.45, 2.75) is 50.5 Å². The van der Waals surface area contributed by atoms with Crippen LogP contribution in [-0.4, -0.2) is 43.3 Å². The molecule has 4 fully saturated rings. The molecular weight excluding hydrogens is 224 g/mol. The van der Waals surface area contributed by atoms with Crippen molar-refractivity contribution in [1.29, 1.82) is 0 Å². The Hall–Kier alpha value is -0.650. The fourth-order valence-electron chi connectivity index (χ4n) is 3.38. The zero-order chi connectivity index (χ0) is 11.6. The number of fused-ring (bicyclic) bond motifs is 5. The Bertz CT molecular complexity index is 357. The Morgan fingerprint density at radius 2 is 2.06 bits per heavy atom. The molecule has 0 N–H and O–H groups in total. The van der Waals surface area contributed by atoms with E-state index in [1.807, 2.05) is 6.92 Å². The minimum atomic E-state index is -0.417. The van der Waals surface area contributed by atoms with Gasteiger partial charge in [-0.25, -0.2) is 0 Å². The molecule has 17 heavy (non-hydrogen) atoms. The number of cyclic esters (lactones) is 1. The molecule has 94 valence electrons. The van der Waals surface area contributed by atoms with Crippen molar-refractivity contribution in [3.63, 3.8) is 0 Å². The number of hydrogen-bond donors (Lipinski definition) is 0. The SMILES string of the molecule is CC1O[C@@H]1CO[C@H]1OC(=O)[C@H]2[C@@H]1[C@@H]1CC[C@H]2O1. The maximum absolute atomic E-state index is 11.8. The molecule has 1 unspecified atom stereocenters. The van der Waals surface area contributed by atoms with Crippen molar-refractivity contribution in [3.8, 4) is 0 Å². The van der Waals surface area contributed by atoms with Gasteiger partial charge in [-0.3, -0.25) is 4.79 Å². The lowest BCUT2D eigenvalue weighted by atomic mass is 9.81. The normalized spacial score (nSPS) is 54.9. The van der Waals surface area contributed by atoms with Crippen molar-refractivity contribution in [2.24, 2.45) is 11.8 Å². The van der Waals surface area contributed by atoms with E-state index in [0.29, 0.717) is 6.61 Å². The predicted octanol–water partition coefficient (Wildman–Crippen LogP) is 0.467. The molecule has 7 atom stereocenters. The van der Waals surface area contributed by atoms with E-state index in [2.05, 4.69) is 0 Å². The average molecular weight is 240 g/mol. The number of hydrogen-bond acceptors (Lipinski definition) is 5. The summed E-state index contributed by atoms with van der Waals surface area (Å²) in [6.07, 6.45) is 2.27. The third-order valence-corrected chi connectivity index (χ3v) is 4.41. The van der Waals surface area contributed by atoms with Crippen LogP contribution in [0.25, 0.3) is 0 Å². The fourth-order valence-corrected chi connectivity index (χ4v) is 3.38. The van der Waals surface area contributed by atoms with Gasteiger partial charge in [0.05, 0.1) is 36.8 Å². The zero-order valence-electron chi connectivity index (χ0n) is 9.70. The van der Waals surface area contributed by atoms with Gasteiger partial charge in [0.25, 0.3) is 0 Å². The van der Waals surface area contributed by atoms with Gasteiger partial charge in [-0.2, -0.15) is 0 Å². The maximum Gasteiger partial charge on any atom is 0.314 e. The molecule has 4 aliphatic heterocycles. The standard InChI is InChI=1S/C12H16O5/c1-5-8(15-5)4-14-12-10-7-3-2-6(16-7)9(10)11(13)17-12/h5-10,12H,2-4H2,1H3/t5?,6-,7+,8-,9-,10+,12+/m1/s1. The summed E-state index contributed by atoms with van der Waals surface area (Å²) in [6, 6.07) is 0. The molecule has 0 aromatic rings. The van der Waals surface area contributed by atoms with Crippen LogP contribution in [0.1, 0.15) is 19.8 Å². The van der Waals surface area contributed by atoms with Gasteiger partial charge >= 0.3 is 5.97 Å². The monoisotopic (exact) mass is 240 g/mol. The topological polar surface area (TPSA) is 57.3 Å². The van der Waals surface area contributed by atoms with E-state index < -0.39 is 6.29 Å². The lowest BCUT2D eigenvalue weighted by Crippen LogP contribution is -2.33. The second-order valence-corrected chi connectivity index (χ2v) is 5.41. The van der Waals surface area contributed by atoms with Crippen LogP contribution in [0.15, 0.2) is 0 Å². The van der Waals surface area contributed by atoms with Gasteiger partial charge in [0.1, 0.15) is 6.10 Å². The molecule has 5 nitrogen and oxygen atoms in total. The molecule has 5 heteroatoms. The van der Waals surface area contributed by atoms with E-state index >= 15 is 0 Å². The first-order valence-corrected chi connectivity index (χ1v) is 6.37. The first-order chi connectivity index (χ1) is 8.24. The van der Waals surface area contributed by atoms with Crippen LogP contribution in [0, 0.1) is 11.8 Å². The van der Waals surface area contributed by atoms with E-state index in [-0.39, 0.29) is 42.2 Å². The lowest BCUT2D eigenvalue weighted by Gasteiger charge is -2.21. The van der Waals surface area contributed by atoms with Crippen LogP contribution < -0.4 is 0 Å². The number of rotatable bonds is 3. The summed E-state index contributed by atoms with van der Waals surface area (Å²) < 4.78 is 22.1. The van der Waals surface area contributed by atoms with Crippen molar-refractivity contribution in [1.82, 2.24) is 0 Å². The molecule has 0 aromatic heterocycles. The number of epoxide rings is 1. The Kier molecular flexibility index (Phi) is 2.08. The molecule has 0 spiro atoms. The lowest BCUT2D eigenvalue weighted by molar-refractivity contribution is -0.175. The summed E-state index contributed by atoms with van der Waals surface area (Å²) in [6.45, 7) is 2.53. The van der Waals surface area contributed by atoms with Gasteiger partial charge in [0.15, 0.2) is 0 Å². The van der Waals surface area contributed by atoms with Gasteiger partial charge < -0.3 is 18.9 Å². The van der Waals surface area contributed by atoms with E-state index in [0.717, 1.165) is 12.8 Å². The van der Waals surface area contributed by atoms with Crippen molar-refractivity contribution in [3.05, 3.63) is 0 Å². The van der Waals surface area contributed by atoms with E-state index in [4.69, 9.17) is 18.9 Å². The molecule has 0 amide bonds. The quantitative estimate of drug-likeness (QED) is 0.530. The van der Waals surface area contributed by atoms with Crippen molar-refractivity contribution < 1.29 is 23.7 Å². The van der Waals surface area contributed by atoms with Crippen molar-refractivity contribution in [2.75, 3.05) is 6.61 Å². The molecule has 0 radical (unpaired) electrons. The Morgan fingerprint density at radius 1 is 1.29 bits per heavy atom. The Balaban J connectivity index is 1.44. The number of carbonyl (C=O) groups is 1. The summed E-state index contributed by atoms with van der Waals surface area (Å²) >= 11 is 0. The van der Waals surface area contributed by atoms with E-state index in [1.165, 1.54) is 0 Å². The summed E-state index contributed by atoms with van der Waals surface area (Å²) in [5, 5.41) is 0. The van der Waals surface area contributed by atoms with Gasteiger partial charge in [-0.05, 0) is 19.8 Å². The molecule has 0 aromatic carbocycles. The van der Waals surface area contributed by atoms with Gasteiger partial charge in [0, 0.05) is 0 Å². The van der Waals surface area contributed by atoms with Crippen LogP contribution in [-0.2, 0) is 23.7 Å². The summed E-state index contributed by atoms with van der Waals surface area (Å²) in [5.74, 6) is -0.122. The number of carbonyl (C=O) groups excluding carboxylic acids is 1. The van der Waals surface area contributed by atoms with Crippen LogP contribution in [0.5, 0.6) is 0 Å². The molecular formula is C12H16O5. The molecule has 4 aliphatic rings. The highest BCUT2D eigenvalue weighted by Gasteiger charge is 2.61. The molecule has 2 bridgehead atoms. The highest BCUT2D eigenvalue weighted by atomic mass is 16.7. The second kappa shape index (κ2) is 3.43. The minimum absolute atomic E-state index is 0.0715. The zero-order valence-corrected chi connectivity index (χ0v) is 9.70. The van der Waals surface area contributed by atoms with Gasteiger partial charge in [0.2, 0.25) is 6.29 Å². The molecule has 0 aliphatic carbocycles. The highest BCUT2D eigenvalue weighted by molar-refractivity contribution is 5.76. The minimum Gasteiger partial charge on any atom is -0.435 e. The van der Waals surface area contributed by atoms with Crippen LogP contribution >= 0.6 is 0 Å². The van der Waals surface area contributed by atoms with Crippen molar-refractivity contribution >= 4 is 5.97 Å². The van der Waals surface area contributed by atoms with E-state index in [1.54, 1.807) is 0 Å². The predicted molar refractivity (Wildman–Crippen MR) is 55.0 cm³/mol. The fraction of sp³-hybridized carbons (Fsp3) is 0.917. The van der Waals surface area contributed by atoms with Crippen LogP contribution in [0.3, 0.4) is 0 Å². The first-order valence-electron chi connectivity index (χ1n) is 6.37. The van der Waals surface area contributed by atoms with Crippen LogP contribution in [0.4, 0.5) is 0 Å².